The van der Waals surface area contributed by atoms with Crippen LogP contribution in [0.5, 0.6) is 0 Å². The summed E-state index contributed by atoms with van der Waals surface area (Å²) in [6, 6.07) is 0. The Kier molecular flexibility index (Phi) is 3.87. The van der Waals surface area contributed by atoms with Gasteiger partial charge < -0.3 is 10.1 Å². The lowest BCUT2D eigenvalue weighted by Gasteiger charge is -2.13. The number of hydrogen-bond acceptors (Lipinski definition) is 2. The largest absolute Gasteiger partial charge is 0.378 e. The zero-order valence-corrected chi connectivity index (χ0v) is 7.60. The maximum Gasteiger partial charge on any atom is 0.0588 e. The van der Waals surface area contributed by atoms with Gasteiger partial charge in [-0.1, -0.05) is 6.92 Å². The lowest BCUT2D eigenvalue weighted by atomic mass is 10.0. The highest BCUT2D eigenvalue weighted by Crippen LogP contribution is 2.18. The molecule has 0 aromatic heterocycles. The molecular formula is C9H19NO. The van der Waals surface area contributed by atoms with E-state index in [-0.39, 0.29) is 0 Å². The van der Waals surface area contributed by atoms with Crippen molar-refractivity contribution in [3.8, 4) is 0 Å². The first-order valence-corrected chi connectivity index (χ1v) is 4.67. The second-order valence-corrected chi connectivity index (χ2v) is 3.33. The molecule has 1 aliphatic heterocycles. The number of hydrogen-bond donors (Lipinski definition) is 1. The molecule has 1 rings (SSSR count). The Morgan fingerprint density at radius 3 is 2.91 bits per heavy atom. The monoisotopic (exact) mass is 157 g/mol. The molecule has 1 N–H and O–H groups in total. The van der Waals surface area contributed by atoms with Crippen LogP contribution in [0.4, 0.5) is 0 Å². The van der Waals surface area contributed by atoms with Gasteiger partial charge in [-0.25, -0.2) is 0 Å². The summed E-state index contributed by atoms with van der Waals surface area (Å²) in [6.07, 6.45) is 2.93. The molecule has 0 bridgehead atoms. The number of ether oxygens (including phenoxy) is 1. The Morgan fingerprint density at radius 2 is 2.36 bits per heavy atom. The van der Waals surface area contributed by atoms with Crippen LogP contribution < -0.4 is 5.32 Å². The molecule has 2 nitrogen and oxygen atoms in total. The maximum atomic E-state index is 5.46. The van der Waals surface area contributed by atoms with Gasteiger partial charge in [0.2, 0.25) is 0 Å². The third-order valence-electron chi connectivity index (χ3n) is 2.37. The van der Waals surface area contributed by atoms with E-state index >= 15 is 0 Å². The van der Waals surface area contributed by atoms with E-state index in [9.17, 15) is 0 Å². The van der Waals surface area contributed by atoms with Gasteiger partial charge in [0.15, 0.2) is 0 Å². The molecule has 0 spiro atoms. The maximum absolute atomic E-state index is 5.46. The van der Waals surface area contributed by atoms with Crippen LogP contribution in [0.3, 0.4) is 0 Å². The first-order chi connectivity index (χ1) is 5.34. The summed E-state index contributed by atoms with van der Waals surface area (Å²) in [6.45, 7) is 7.60. The van der Waals surface area contributed by atoms with Crippen LogP contribution in [0.1, 0.15) is 26.7 Å². The SMILES string of the molecule is CCCNCC1CCOC1C. The summed E-state index contributed by atoms with van der Waals surface area (Å²) in [5, 5.41) is 3.43. The predicted molar refractivity (Wildman–Crippen MR) is 46.7 cm³/mol. The predicted octanol–water partition coefficient (Wildman–Crippen LogP) is 1.41. The molecule has 66 valence electrons. The highest BCUT2D eigenvalue weighted by atomic mass is 16.5. The average Bonchev–Trinajstić information content (AvgIpc) is 2.37. The zero-order chi connectivity index (χ0) is 8.10. The Bertz CT molecular complexity index is 106. The molecule has 2 atom stereocenters. The van der Waals surface area contributed by atoms with Gasteiger partial charge in [-0.3, -0.25) is 0 Å². The van der Waals surface area contributed by atoms with Crippen molar-refractivity contribution in [2.45, 2.75) is 32.8 Å². The van der Waals surface area contributed by atoms with Crippen LogP contribution >= 0.6 is 0 Å². The summed E-state index contributed by atoms with van der Waals surface area (Å²) in [5.74, 6) is 0.751. The standard InChI is InChI=1S/C9H19NO/c1-3-5-10-7-9-4-6-11-8(9)2/h8-10H,3-7H2,1-2H3. The van der Waals surface area contributed by atoms with Gasteiger partial charge in [0.05, 0.1) is 6.10 Å². The van der Waals surface area contributed by atoms with Gasteiger partial charge in [0.25, 0.3) is 0 Å². The van der Waals surface area contributed by atoms with Crippen molar-refractivity contribution in [1.29, 1.82) is 0 Å². The third-order valence-corrected chi connectivity index (χ3v) is 2.37. The Balaban J connectivity index is 2.05. The molecule has 11 heavy (non-hydrogen) atoms. The second kappa shape index (κ2) is 4.73. The third kappa shape index (κ3) is 2.80. The fourth-order valence-corrected chi connectivity index (χ4v) is 1.51. The topological polar surface area (TPSA) is 21.3 Å². The second-order valence-electron chi connectivity index (χ2n) is 3.33. The number of nitrogens with one attached hydrogen (secondary N) is 1. The van der Waals surface area contributed by atoms with Crippen LogP contribution in [0.2, 0.25) is 0 Å². The summed E-state index contributed by atoms with van der Waals surface area (Å²) in [4.78, 5) is 0. The fraction of sp³-hybridized carbons (Fsp3) is 1.00. The van der Waals surface area contributed by atoms with Gasteiger partial charge >= 0.3 is 0 Å². The van der Waals surface area contributed by atoms with E-state index in [2.05, 4.69) is 19.2 Å². The minimum Gasteiger partial charge on any atom is -0.378 e. The summed E-state index contributed by atoms with van der Waals surface area (Å²) < 4.78 is 5.46. The van der Waals surface area contributed by atoms with E-state index in [1.165, 1.54) is 12.8 Å². The Morgan fingerprint density at radius 1 is 1.55 bits per heavy atom. The summed E-state index contributed by atoms with van der Waals surface area (Å²) in [7, 11) is 0. The quantitative estimate of drug-likeness (QED) is 0.623. The van der Waals surface area contributed by atoms with E-state index in [0.29, 0.717) is 6.10 Å². The van der Waals surface area contributed by atoms with Crippen molar-refractivity contribution >= 4 is 0 Å². The van der Waals surface area contributed by atoms with E-state index in [1.54, 1.807) is 0 Å². The van der Waals surface area contributed by atoms with Crippen molar-refractivity contribution in [2.75, 3.05) is 19.7 Å². The smallest absolute Gasteiger partial charge is 0.0588 e. The minimum atomic E-state index is 0.472. The molecule has 1 aliphatic rings. The molecule has 1 fully saturated rings. The van der Waals surface area contributed by atoms with Crippen LogP contribution in [0, 0.1) is 5.92 Å². The molecule has 0 aromatic carbocycles. The molecular weight excluding hydrogens is 138 g/mol. The van der Waals surface area contributed by atoms with Crippen LogP contribution in [0.15, 0.2) is 0 Å². The first-order valence-electron chi connectivity index (χ1n) is 4.67. The molecule has 2 heteroatoms. The molecule has 0 amide bonds. The van der Waals surface area contributed by atoms with E-state index < -0.39 is 0 Å². The van der Waals surface area contributed by atoms with Gasteiger partial charge in [0, 0.05) is 13.2 Å². The zero-order valence-electron chi connectivity index (χ0n) is 7.60. The lowest BCUT2D eigenvalue weighted by Crippen LogP contribution is -2.27. The molecule has 0 saturated carbocycles. The summed E-state index contributed by atoms with van der Waals surface area (Å²) in [5.41, 5.74) is 0. The van der Waals surface area contributed by atoms with Crippen molar-refractivity contribution in [3.05, 3.63) is 0 Å². The minimum absolute atomic E-state index is 0.472. The van der Waals surface area contributed by atoms with Crippen molar-refractivity contribution in [2.24, 2.45) is 5.92 Å². The Hall–Kier alpha value is -0.0800. The molecule has 0 aromatic rings. The van der Waals surface area contributed by atoms with Crippen molar-refractivity contribution < 1.29 is 4.74 Å². The molecule has 0 radical (unpaired) electrons. The highest BCUT2D eigenvalue weighted by Gasteiger charge is 2.22. The molecule has 0 aliphatic carbocycles. The van der Waals surface area contributed by atoms with Crippen LogP contribution in [0.25, 0.3) is 0 Å². The Labute approximate surface area is 69.3 Å². The van der Waals surface area contributed by atoms with Crippen LogP contribution in [-0.4, -0.2) is 25.8 Å². The van der Waals surface area contributed by atoms with Gasteiger partial charge in [-0.15, -0.1) is 0 Å². The van der Waals surface area contributed by atoms with Crippen LogP contribution in [-0.2, 0) is 4.74 Å². The molecule has 2 unspecified atom stereocenters. The van der Waals surface area contributed by atoms with Gasteiger partial charge in [0.1, 0.15) is 0 Å². The number of rotatable bonds is 4. The molecule has 1 saturated heterocycles. The van der Waals surface area contributed by atoms with Gasteiger partial charge in [-0.2, -0.15) is 0 Å². The highest BCUT2D eigenvalue weighted by molar-refractivity contribution is 4.74. The lowest BCUT2D eigenvalue weighted by molar-refractivity contribution is 0.105. The summed E-state index contributed by atoms with van der Waals surface area (Å²) >= 11 is 0. The molecule has 1 heterocycles. The van der Waals surface area contributed by atoms with E-state index in [0.717, 1.165) is 25.6 Å². The van der Waals surface area contributed by atoms with Gasteiger partial charge in [-0.05, 0) is 32.2 Å². The van der Waals surface area contributed by atoms with E-state index in [4.69, 9.17) is 4.74 Å². The van der Waals surface area contributed by atoms with E-state index in [1.807, 2.05) is 0 Å². The van der Waals surface area contributed by atoms with Crippen molar-refractivity contribution in [3.63, 3.8) is 0 Å². The fourth-order valence-electron chi connectivity index (χ4n) is 1.51. The normalized spacial score (nSPS) is 31.1. The first kappa shape index (κ1) is 9.01. The van der Waals surface area contributed by atoms with Crippen molar-refractivity contribution in [1.82, 2.24) is 5.32 Å². The average molecular weight is 157 g/mol.